The van der Waals surface area contributed by atoms with Gasteiger partial charge in [-0.1, -0.05) is 0 Å². The van der Waals surface area contributed by atoms with Crippen molar-refractivity contribution in [2.24, 2.45) is 0 Å². The van der Waals surface area contributed by atoms with Gasteiger partial charge in [-0.25, -0.2) is 9.59 Å². The first kappa shape index (κ1) is 12.7. The molecule has 0 aliphatic carbocycles. The van der Waals surface area contributed by atoms with Crippen LogP contribution < -0.4 is 0 Å². The fraction of sp³-hybridized carbons (Fsp3) is 0.600. The smallest absolute Gasteiger partial charge is 0.331 e. The number of esters is 2. The Morgan fingerprint density at radius 1 is 1.14 bits per heavy atom. The van der Waals surface area contributed by atoms with Crippen molar-refractivity contribution in [2.45, 2.75) is 33.3 Å². The average molecular weight is 200 g/mol. The summed E-state index contributed by atoms with van der Waals surface area (Å²) >= 11 is 0. The Morgan fingerprint density at radius 3 is 2.07 bits per heavy atom. The van der Waals surface area contributed by atoms with Crippen LogP contribution in [0, 0.1) is 0 Å². The van der Waals surface area contributed by atoms with Crippen LogP contribution in [0.4, 0.5) is 0 Å². The minimum atomic E-state index is -0.550. The van der Waals surface area contributed by atoms with Crippen molar-refractivity contribution < 1.29 is 19.1 Å². The second kappa shape index (κ2) is 5.42. The van der Waals surface area contributed by atoms with Gasteiger partial charge in [0, 0.05) is 12.2 Å². The molecule has 0 aromatic rings. The molecular formula is C10H16O4. The van der Waals surface area contributed by atoms with Crippen LogP contribution in [0.3, 0.4) is 0 Å². The monoisotopic (exact) mass is 200 g/mol. The summed E-state index contributed by atoms with van der Waals surface area (Å²) in [5, 5.41) is 0. The van der Waals surface area contributed by atoms with E-state index in [1.165, 1.54) is 0 Å². The first-order valence-electron chi connectivity index (χ1n) is 4.43. The Hall–Kier alpha value is -1.32. The van der Waals surface area contributed by atoms with Crippen molar-refractivity contribution in [3.8, 4) is 0 Å². The van der Waals surface area contributed by atoms with E-state index in [1.807, 2.05) is 0 Å². The molecule has 80 valence electrons. The molecule has 0 spiro atoms. The predicted octanol–water partition coefficient (Wildman–Crippen LogP) is 1.45. The molecule has 0 N–H and O–H groups in total. The number of carbonyl (C=O) groups excluding carboxylic acids is 2. The van der Waals surface area contributed by atoms with Crippen molar-refractivity contribution in [3.05, 3.63) is 12.2 Å². The molecule has 0 aliphatic rings. The van der Waals surface area contributed by atoms with E-state index in [2.05, 4.69) is 4.74 Å². The molecular weight excluding hydrogens is 184 g/mol. The molecule has 0 aliphatic heterocycles. The Kier molecular flexibility index (Phi) is 4.91. The van der Waals surface area contributed by atoms with Crippen LogP contribution in [0.2, 0.25) is 0 Å². The highest BCUT2D eigenvalue weighted by Crippen LogP contribution is 2.06. The van der Waals surface area contributed by atoms with E-state index in [9.17, 15) is 9.59 Å². The summed E-state index contributed by atoms with van der Waals surface area (Å²) in [5.74, 6) is -1.09. The third-order valence-corrected chi connectivity index (χ3v) is 1.05. The first-order valence-corrected chi connectivity index (χ1v) is 4.43. The summed E-state index contributed by atoms with van der Waals surface area (Å²) in [7, 11) is 0. The Morgan fingerprint density at radius 2 is 1.64 bits per heavy atom. The number of rotatable bonds is 3. The van der Waals surface area contributed by atoms with Crippen LogP contribution in [0.15, 0.2) is 12.2 Å². The van der Waals surface area contributed by atoms with Crippen molar-refractivity contribution in [2.75, 3.05) is 6.61 Å². The summed E-state index contributed by atoms with van der Waals surface area (Å²) in [5.41, 5.74) is -0.546. The maximum atomic E-state index is 11.1. The van der Waals surface area contributed by atoms with E-state index in [-0.39, 0.29) is 6.61 Å². The zero-order valence-electron chi connectivity index (χ0n) is 8.99. The van der Waals surface area contributed by atoms with E-state index >= 15 is 0 Å². The molecule has 0 radical (unpaired) electrons. The third-order valence-electron chi connectivity index (χ3n) is 1.05. The summed E-state index contributed by atoms with van der Waals surface area (Å²) < 4.78 is 9.52. The number of carbonyl (C=O) groups is 2. The van der Waals surface area contributed by atoms with Crippen LogP contribution in [0.25, 0.3) is 0 Å². The molecule has 0 bridgehead atoms. The SMILES string of the molecule is CCOC(=O)/C=C\C(=O)OC(C)(C)C. The lowest BCUT2D eigenvalue weighted by Gasteiger charge is -2.17. The Labute approximate surface area is 83.9 Å². The van der Waals surface area contributed by atoms with Crippen LogP contribution in [-0.4, -0.2) is 24.1 Å². The molecule has 4 nitrogen and oxygen atoms in total. The second-order valence-electron chi connectivity index (χ2n) is 3.62. The van der Waals surface area contributed by atoms with Gasteiger partial charge in [0.25, 0.3) is 0 Å². The van der Waals surface area contributed by atoms with E-state index in [1.54, 1.807) is 27.7 Å². The Balaban J connectivity index is 4.00. The summed E-state index contributed by atoms with van der Waals surface area (Å²) in [6.07, 6.45) is 2.11. The van der Waals surface area contributed by atoms with Gasteiger partial charge < -0.3 is 9.47 Å². The van der Waals surface area contributed by atoms with E-state index < -0.39 is 17.5 Å². The van der Waals surface area contributed by atoms with Crippen molar-refractivity contribution in [1.29, 1.82) is 0 Å². The molecule has 0 atom stereocenters. The lowest BCUT2D eigenvalue weighted by molar-refractivity contribution is -0.149. The number of hydrogen-bond donors (Lipinski definition) is 0. The van der Waals surface area contributed by atoms with E-state index in [0.717, 1.165) is 12.2 Å². The minimum Gasteiger partial charge on any atom is -0.463 e. The van der Waals surface area contributed by atoms with Gasteiger partial charge in [-0.05, 0) is 27.7 Å². The zero-order chi connectivity index (χ0) is 11.2. The quantitative estimate of drug-likeness (QED) is 0.511. The lowest BCUT2D eigenvalue weighted by Crippen LogP contribution is -2.22. The van der Waals surface area contributed by atoms with Crippen molar-refractivity contribution in [3.63, 3.8) is 0 Å². The van der Waals surface area contributed by atoms with Crippen molar-refractivity contribution in [1.82, 2.24) is 0 Å². The molecule has 0 aromatic heterocycles. The van der Waals surface area contributed by atoms with Crippen molar-refractivity contribution >= 4 is 11.9 Å². The lowest BCUT2D eigenvalue weighted by atomic mass is 10.2. The zero-order valence-corrected chi connectivity index (χ0v) is 8.99. The van der Waals surface area contributed by atoms with E-state index in [0.29, 0.717) is 0 Å². The molecule has 0 unspecified atom stereocenters. The average Bonchev–Trinajstić information content (AvgIpc) is 1.98. The number of ether oxygens (including phenoxy) is 2. The van der Waals surface area contributed by atoms with Gasteiger partial charge >= 0.3 is 11.9 Å². The van der Waals surface area contributed by atoms with Crippen LogP contribution in [-0.2, 0) is 19.1 Å². The van der Waals surface area contributed by atoms with Gasteiger partial charge in [0.15, 0.2) is 0 Å². The summed E-state index contributed by atoms with van der Waals surface area (Å²) in [6.45, 7) is 7.24. The maximum absolute atomic E-state index is 11.1. The predicted molar refractivity (Wildman–Crippen MR) is 51.6 cm³/mol. The highest BCUT2D eigenvalue weighted by atomic mass is 16.6. The molecule has 0 heterocycles. The minimum absolute atomic E-state index is 0.289. The van der Waals surface area contributed by atoms with Gasteiger partial charge in [0.05, 0.1) is 6.61 Å². The molecule has 0 aromatic carbocycles. The van der Waals surface area contributed by atoms with Gasteiger partial charge in [0.2, 0.25) is 0 Å². The summed E-state index contributed by atoms with van der Waals surface area (Å²) in [6, 6.07) is 0. The van der Waals surface area contributed by atoms with Crippen LogP contribution in [0.5, 0.6) is 0 Å². The van der Waals surface area contributed by atoms with Gasteiger partial charge in [-0.2, -0.15) is 0 Å². The molecule has 0 fully saturated rings. The molecule has 0 saturated carbocycles. The van der Waals surface area contributed by atoms with Gasteiger partial charge in [-0.3, -0.25) is 0 Å². The number of hydrogen-bond acceptors (Lipinski definition) is 4. The third kappa shape index (κ3) is 7.34. The normalized spacial score (nSPS) is 11.4. The fourth-order valence-corrected chi connectivity index (χ4v) is 0.662. The fourth-order valence-electron chi connectivity index (χ4n) is 0.662. The standard InChI is InChI=1S/C10H16O4/c1-5-13-8(11)6-7-9(12)14-10(2,3)4/h6-7H,5H2,1-4H3/b7-6-. The molecule has 0 rings (SSSR count). The topological polar surface area (TPSA) is 52.6 Å². The molecule has 0 saturated heterocycles. The molecule has 4 heteroatoms. The van der Waals surface area contributed by atoms with Gasteiger partial charge in [0.1, 0.15) is 5.60 Å². The molecule has 0 amide bonds. The highest BCUT2D eigenvalue weighted by Gasteiger charge is 2.14. The first-order chi connectivity index (χ1) is 6.35. The highest BCUT2D eigenvalue weighted by molar-refractivity contribution is 5.91. The second-order valence-corrected chi connectivity index (χ2v) is 3.62. The largest absolute Gasteiger partial charge is 0.463 e. The van der Waals surface area contributed by atoms with Gasteiger partial charge in [-0.15, -0.1) is 0 Å². The summed E-state index contributed by atoms with van der Waals surface area (Å²) in [4.78, 5) is 21.8. The van der Waals surface area contributed by atoms with Crippen LogP contribution in [0.1, 0.15) is 27.7 Å². The maximum Gasteiger partial charge on any atom is 0.331 e. The Bertz CT molecular complexity index is 235. The van der Waals surface area contributed by atoms with E-state index in [4.69, 9.17) is 4.74 Å². The molecule has 14 heavy (non-hydrogen) atoms. The van der Waals surface area contributed by atoms with Crippen LogP contribution >= 0.6 is 0 Å².